The Labute approximate surface area is 268 Å². The fourth-order valence-electron chi connectivity index (χ4n) is 7.59. The molecule has 1 saturated heterocycles. The quantitative estimate of drug-likeness (QED) is 0.228. The smallest absolute Gasteiger partial charge is 0.414 e. The summed E-state index contributed by atoms with van der Waals surface area (Å²) in [6, 6.07) is 13.3. The summed E-state index contributed by atoms with van der Waals surface area (Å²) in [5.41, 5.74) is -1.40. The molecule has 242 valence electrons. The van der Waals surface area contributed by atoms with Gasteiger partial charge in [-0.25, -0.2) is 14.4 Å². The molecule has 3 unspecified atom stereocenters. The van der Waals surface area contributed by atoms with Crippen LogP contribution in [0, 0.1) is 11.3 Å². The van der Waals surface area contributed by atoms with Crippen LogP contribution in [0.3, 0.4) is 0 Å². The zero-order chi connectivity index (χ0) is 33.2. The van der Waals surface area contributed by atoms with Gasteiger partial charge in [0.2, 0.25) is 11.8 Å². The Balaban J connectivity index is 1.22. The number of nitrogens with one attached hydrogen (secondary N) is 2. The third kappa shape index (κ3) is 4.32. The lowest BCUT2D eigenvalue weighted by Gasteiger charge is -2.38. The Morgan fingerprint density at radius 2 is 1.70 bits per heavy atom. The van der Waals surface area contributed by atoms with Crippen LogP contribution in [0.4, 0.5) is 15.3 Å². The van der Waals surface area contributed by atoms with E-state index in [0.29, 0.717) is 41.5 Å². The largest absolute Gasteiger partial charge is 0.508 e. The molecule has 3 atom stereocenters. The number of carbonyl (C=O) groups is 5. The minimum atomic E-state index is -1.51. The van der Waals surface area contributed by atoms with Crippen molar-refractivity contribution in [3.63, 3.8) is 0 Å². The average molecular weight is 642 g/mol. The number of carbonyl (C=O) groups excluding carboxylic acids is 5. The molecule has 0 radical (unpaired) electrons. The van der Waals surface area contributed by atoms with Crippen LogP contribution < -0.4 is 20.3 Å². The number of imide groups is 2. The summed E-state index contributed by atoms with van der Waals surface area (Å²) in [6.45, 7) is 1.84. The lowest BCUT2D eigenvalue weighted by Crippen LogP contribution is -2.64. The van der Waals surface area contributed by atoms with Crippen molar-refractivity contribution in [1.82, 2.24) is 10.6 Å². The fourth-order valence-corrected chi connectivity index (χ4v) is 7.59. The number of phenols is 2. The van der Waals surface area contributed by atoms with Gasteiger partial charge in [0.25, 0.3) is 0 Å². The zero-order valence-electron chi connectivity index (χ0n) is 25.5. The number of ether oxygens (including phenoxy) is 3. The molecule has 5 amide bonds. The maximum atomic E-state index is 13.7. The van der Waals surface area contributed by atoms with Gasteiger partial charge >= 0.3 is 18.1 Å². The first-order valence-electron chi connectivity index (χ1n) is 15.3. The first-order chi connectivity index (χ1) is 22.5. The van der Waals surface area contributed by atoms with Crippen LogP contribution in [0.2, 0.25) is 0 Å². The second-order valence-electron chi connectivity index (χ2n) is 12.2. The van der Waals surface area contributed by atoms with Gasteiger partial charge in [0, 0.05) is 24.2 Å². The summed E-state index contributed by atoms with van der Waals surface area (Å²) in [6.07, 6.45) is 0.181. The van der Waals surface area contributed by atoms with Gasteiger partial charge in [-0.1, -0.05) is 31.5 Å². The van der Waals surface area contributed by atoms with Crippen molar-refractivity contribution in [2.24, 2.45) is 11.3 Å². The summed E-state index contributed by atoms with van der Waals surface area (Å²) in [5.74, 6) is -2.65. The SMILES string of the molecule is CCCC1(C2CCC(OC(=O)N(C)c3c(O)ccc4c3Oc3cc(O)ccc3C43OC(=O)c4ccccc43)C2)C(=O)NC(=O)NC1=O. The highest BCUT2D eigenvalue weighted by Crippen LogP contribution is 2.60. The predicted octanol–water partition coefficient (Wildman–Crippen LogP) is 4.56. The molecule has 0 aromatic heterocycles. The Morgan fingerprint density at radius 1 is 0.979 bits per heavy atom. The van der Waals surface area contributed by atoms with Crippen molar-refractivity contribution in [3.8, 4) is 23.0 Å². The minimum Gasteiger partial charge on any atom is -0.508 e. The number of esters is 1. The molecule has 3 aromatic rings. The summed E-state index contributed by atoms with van der Waals surface area (Å²) < 4.78 is 18.2. The van der Waals surface area contributed by atoms with E-state index in [-0.39, 0.29) is 41.5 Å². The fraction of sp³-hybridized carbons (Fsp3) is 0.324. The maximum absolute atomic E-state index is 13.7. The number of phenolic OH excluding ortho intramolecular Hbond substituents is 2. The lowest BCUT2D eigenvalue weighted by atomic mass is 9.69. The molecule has 1 spiro atoms. The van der Waals surface area contributed by atoms with Crippen molar-refractivity contribution in [3.05, 3.63) is 76.9 Å². The summed E-state index contributed by atoms with van der Waals surface area (Å²) in [4.78, 5) is 65.7. The van der Waals surface area contributed by atoms with Crippen molar-refractivity contribution in [2.45, 2.75) is 50.7 Å². The van der Waals surface area contributed by atoms with Crippen molar-refractivity contribution in [1.29, 1.82) is 0 Å². The van der Waals surface area contributed by atoms with Crippen molar-refractivity contribution in [2.75, 3.05) is 11.9 Å². The number of anilines is 1. The number of nitrogens with zero attached hydrogens (tertiary/aromatic N) is 1. The van der Waals surface area contributed by atoms with Gasteiger partial charge in [0.1, 0.15) is 34.5 Å². The third-order valence-electron chi connectivity index (χ3n) is 9.69. The topological polar surface area (TPSA) is 181 Å². The molecule has 4 aliphatic rings. The lowest BCUT2D eigenvalue weighted by molar-refractivity contribution is -0.149. The normalized spacial score (nSPS) is 23.5. The molecule has 0 bridgehead atoms. The molecular weight excluding hydrogens is 610 g/mol. The molecule has 1 aliphatic carbocycles. The molecule has 47 heavy (non-hydrogen) atoms. The van der Waals surface area contributed by atoms with E-state index in [1.807, 2.05) is 6.92 Å². The van der Waals surface area contributed by atoms with E-state index in [0.717, 1.165) is 4.90 Å². The van der Waals surface area contributed by atoms with E-state index < -0.39 is 52.9 Å². The number of hydrogen-bond donors (Lipinski definition) is 4. The highest BCUT2D eigenvalue weighted by atomic mass is 16.6. The van der Waals surface area contributed by atoms with Crippen LogP contribution in [0.1, 0.15) is 66.1 Å². The van der Waals surface area contributed by atoms with E-state index >= 15 is 0 Å². The Morgan fingerprint density at radius 3 is 2.45 bits per heavy atom. The predicted molar refractivity (Wildman–Crippen MR) is 163 cm³/mol. The first-order valence-corrected chi connectivity index (χ1v) is 15.3. The van der Waals surface area contributed by atoms with Crippen molar-refractivity contribution >= 4 is 35.6 Å². The van der Waals surface area contributed by atoms with E-state index in [4.69, 9.17) is 14.2 Å². The molecule has 13 nitrogen and oxygen atoms in total. The molecule has 3 aliphatic heterocycles. The number of hydrogen-bond acceptors (Lipinski definition) is 10. The monoisotopic (exact) mass is 641 g/mol. The summed E-state index contributed by atoms with van der Waals surface area (Å²) >= 11 is 0. The number of amides is 5. The van der Waals surface area contributed by atoms with Gasteiger partial charge in [0.15, 0.2) is 11.4 Å². The Kier molecular flexibility index (Phi) is 6.88. The second kappa shape index (κ2) is 10.7. The van der Waals surface area contributed by atoms with Crippen LogP contribution in [-0.2, 0) is 24.7 Å². The molecule has 2 fully saturated rings. The van der Waals surface area contributed by atoms with E-state index in [1.165, 1.54) is 25.2 Å². The molecule has 7 rings (SSSR count). The Hall–Kier alpha value is -5.59. The standard InChI is InChI=1S/C34H31N3O10/c1-3-14-33(29(41)35-31(43)36-30(33)42)17-8-10-19(15-17)45-32(44)37(2)26-24(39)13-12-23-27(26)46-25-16-18(38)9-11-22(25)34(23)21-7-5-4-6-20(21)28(40)47-34/h4-7,9,11-13,16-17,19,38-39H,3,8,10,14-15H2,1-2H3,(H2,35,36,41,42,43). The van der Waals surface area contributed by atoms with E-state index in [1.54, 1.807) is 36.4 Å². The summed E-state index contributed by atoms with van der Waals surface area (Å²) in [5, 5.41) is 25.9. The number of fused-ring (bicyclic) bond motifs is 6. The molecule has 13 heteroatoms. The molecular formula is C34H31N3O10. The molecule has 3 aromatic carbocycles. The van der Waals surface area contributed by atoms with Crippen LogP contribution >= 0.6 is 0 Å². The van der Waals surface area contributed by atoms with Crippen LogP contribution in [-0.4, -0.2) is 53.3 Å². The van der Waals surface area contributed by atoms with E-state index in [9.17, 15) is 34.2 Å². The van der Waals surface area contributed by atoms with Gasteiger partial charge in [0.05, 0.1) is 11.1 Å². The molecule has 4 N–H and O–H groups in total. The number of benzene rings is 3. The number of barbiturate groups is 1. The zero-order valence-corrected chi connectivity index (χ0v) is 25.5. The van der Waals surface area contributed by atoms with Gasteiger partial charge in [-0.3, -0.25) is 25.1 Å². The number of urea groups is 1. The van der Waals surface area contributed by atoms with E-state index in [2.05, 4.69) is 10.6 Å². The highest BCUT2D eigenvalue weighted by Gasteiger charge is 2.57. The number of rotatable bonds is 5. The van der Waals surface area contributed by atoms with Crippen LogP contribution in [0.5, 0.6) is 23.0 Å². The van der Waals surface area contributed by atoms with Crippen LogP contribution in [0.25, 0.3) is 0 Å². The average Bonchev–Trinajstić information content (AvgIpc) is 3.61. The first kappa shape index (κ1) is 30.1. The highest BCUT2D eigenvalue weighted by molar-refractivity contribution is 6.19. The van der Waals surface area contributed by atoms with Gasteiger partial charge < -0.3 is 24.4 Å². The van der Waals surface area contributed by atoms with Crippen molar-refractivity contribution < 1.29 is 48.4 Å². The Bertz CT molecular complexity index is 1870. The summed E-state index contributed by atoms with van der Waals surface area (Å²) in [7, 11) is 1.39. The molecule has 1 saturated carbocycles. The minimum absolute atomic E-state index is 0.0125. The van der Waals surface area contributed by atoms with Gasteiger partial charge in [-0.2, -0.15) is 0 Å². The van der Waals surface area contributed by atoms with Gasteiger partial charge in [-0.05, 0) is 61.9 Å². The number of aromatic hydroxyl groups is 2. The maximum Gasteiger partial charge on any atom is 0.414 e. The van der Waals surface area contributed by atoms with Gasteiger partial charge in [-0.15, -0.1) is 0 Å². The molecule has 3 heterocycles. The third-order valence-corrected chi connectivity index (χ3v) is 9.69. The van der Waals surface area contributed by atoms with Crippen LogP contribution in [0.15, 0.2) is 54.6 Å². The second-order valence-corrected chi connectivity index (χ2v) is 12.2.